The Labute approximate surface area is 167 Å². The molecule has 0 fully saturated rings. The monoisotopic (exact) mass is 458 g/mol. The van der Waals surface area contributed by atoms with Crippen LogP contribution in [0.15, 0.2) is 29.4 Å². The third-order valence-corrected chi connectivity index (χ3v) is 5.60. The lowest BCUT2D eigenvalue weighted by Gasteiger charge is -2.28. The molecule has 1 amide bonds. The van der Waals surface area contributed by atoms with Crippen molar-refractivity contribution < 1.29 is 39.6 Å². The van der Waals surface area contributed by atoms with Crippen molar-refractivity contribution in [2.24, 2.45) is 7.05 Å². The third kappa shape index (κ3) is 4.75. The zero-order valence-electron chi connectivity index (χ0n) is 15.7. The molecule has 0 saturated carbocycles. The zero-order valence-corrected chi connectivity index (χ0v) is 16.5. The molecule has 0 aliphatic rings. The minimum absolute atomic E-state index is 0.174. The maximum atomic E-state index is 14.7. The van der Waals surface area contributed by atoms with Gasteiger partial charge in [-0.2, -0.15) is 17.9 Å². The predicted octanol–water partition coefficient (Wildman–Crippen LogP) is 3.37. The fourth-order valence-electron chi connectivity index (χ4n) is 2.30. The number of carbonyl (C=O) groups excluding carboxylic acids is 1. The molecule has 2 aromatic rings. The van der Waals surface area contributed by atoms with E-state index in [0.29, 0.717) is 20.0 Å². The van der Waals surface area contributed by atoms with E-state index in [1.54, 1.807) is 0 Å². The van der Waals surface area contributed by atoms with Crippen LogP contribution in [0.5, 0.6) is 0 Å². The first-order chi connectivity index (χ1) is 13.6. The molecule has 0 unspecified atom stereocenters. The Morgan fingerprint density at radius 3 is 2.37 bits per heavy atom. The van der Waals surface area contributed by atoms with Gasteiger partial charge in [0, 0.05) is 25.1 Å². The number of halogens is 6. The molecular weight excluding hydrogens is 442 g/mol. The number of nitrogens with zero attached hydrogens (tertiary/aromatic N) is 2. The lowest BCUT2D eigenvalue weighted by atomic mass is 10.1. The number of aromatic nitrogens is 2. The number of sulfonamides is 1. The summed E-state index contributed by atoms with van der Waals surface area (Å²) in [7, 11) is -3.93. The Hall–Kier alpha value is -2.61. The molecule has 0 radical (unpaired) electrons. The first kappa shape index (κ1) is 23.7. The van der Waals surface area contributed by atoms with Crippen molar-refractivity contribution in [3.63, 3.8) is 0 Å². The van der Waals surface area contributed by atoms with Gasteiger partial charge in [0.25, 0.3) is 12.3 Å². The topological polar surface area (TPSA) is 93.1 Å². The van der Waals surface area contributed by atoms with Gasteiger partial charge in [-0.25, -0.2) is 21.6 Å². The molecule has 0 aromatic carbocycles. The lowest BCUT2D eigenvalue weighted by Crippen LogP contribution is -2.54. The Morgan fingerprint density at radius 2 is 1.83 bits per heavy atom. The molecule has 166 valence electrons. The van der Waals surface area contributed by atoms with Crippen LogP contribution in [0.1, 0.15) is 36.5 Å². The highest BCUT2D eigenvalue weighted by molar-refractivity contribution is 7.89. The molecule has 7 nitrogen and oxygen atoms in total. The van der Waals surface area contributed by atoms with Crippen molar-refractivity contribution in [3.8, 4) is 0 Å². The van der Waals surface area contributed by atoms with Crippen molar-refractivity contribution in [2.75, 3.05) is 5.32 Å². The number of carbonyl (C=O) groups is 1. The minimum atomic E-state index is -5.01. The molecule has 0 atom stereocenters. The Kier molecular flexibility index (Phi) is 6.24. The molecule has 0 aliphatic carbocycles. The van der Waals surface area contributed by atoms with Crippen molar-refractivity contribution in [3.05, 3.63) is 41.7 Å². The largest absolute Gasteiger partial charge is 0.407 e. The molecule has 0 bridgehead atoms. The molecule has 0 aliphatic heterocycles. The van der Waals surface area contributed by atoms with Crippen LogP contribution in [0.25, 0.3) is 0 Å². The number of alkyl halides is 5. The van der Waals surface area contributed by atoms with Gasteiger partial charge in [-0.15, -0.1) is 0 Å². The SMILES string of the molecule is Cn1cc(S(=O)(=O)NC(C)(C)C(F)(F)F)c(F)c1C(=O)Nc1ccnc(C(F)F)c1. The summed E-state index contributed by atoms with van der Waals surface area (Å²) >= 11 is 0. The molecule has 30 heavy (non-hydrogen) atoms. The summed E-state index contributed by atoms with van der Waals surface area (Å²) in [6.07, 6.45) is -6.32. The fraction of sp³-hybridized carbons (Fsp3) is 0.375. The summed E-state index contributed by atoms with van der Waals surface area (Å²) in [6, 6.07) is 1.96. The maximum absolute atomic E-state index is 14.7. The number of pyridine rings is 1. The van der Waals surface area contributed by atoms with Gasteiger partial charge in [0.1, 0.15) is 21.8 Å². The average Bonchev–Trinajstić information content (AvgIpc) is 2.88. The second-order valence-electron chi connectivity index (χ2n) is 6.72. The van der Waals surface area contributed by atoms with Crippen LogP contribution in [0, 0.1) is 5.82 Å². The highest BCUT2D eigenvalue weighted by Crippen LogP contribution is 2.32. The Morgan fingerprint density at radius 1 is 1.23 bits per heavy atom. The van der Waals surface area contributed by atoms with Gasteiger partial charge in [0.15, 0.2) is 5.82 Å². The third-order valence-electron chi connectivity index (χ3n) is 3.95. The fourth-order valence-corrected chi connectivity index (χ4v) is 3.83. The lowest BCUT2D eigenvalue weighted by molar-refractivity contribution is -0.180. The van der Waals surface area contributed by atoms with Crippen LogP contribution in [0.3, 0.4) is 0 Å². The van der Waals surface area contributed by atoms with Gasteiger partial charge in [-0.3, -0.25) is 9.78 Å². The summed E-state index contributed by atoms with van der Waals surface area (Å²) < 4.78 is 106. The minimum Gasteiger partial charge on any atom is -0.343 e. The quantitative estimate of drug-likeness (QED) is 0.650. The van der Waals surface area contributed by atoms with E-state index < -0.39 is 56.2 Å². The summed E-state index contributed by atoms with van der Waals surface area (Å²) in [4.78, 5) is 14.5. The van der Waals surface area contributed by atoms with Crippen LogP contribution in [0.2, 0.25) is 0 Å². The van der Waals surface area contributed by atoms with E-state index in [1.807, 2.05) is 0 Å². The van der Waals surface area contributed by atoms with Crippen molar-refractivity contribution >= 4 is 21.6 Å². The van der Waals surface area contributed by atoms with Crippen molar-refractivity contribution in [1.29, 1.82) is 0 Å². The Bertz CT molecular complexity index is 1060. The zero-order chi connectivity index (χ0) is 23.1. The van der Waals surface area contributed by atoms with Crippen LogP contribution in [0.4, 0.5) is 32.0 Å². The second-order valence-corrected chi connectivity index (χ2v) is 8.37. The Balaban J connectivity index is 2.37. The van der Waals surface area contributed by atoms with Gasteiger partial charge in [-0.05, 0) is 26.0 Å². The normalized spacial score (nSPS) is 13.0. The van der Waals surface area contributed by atoms with E-state index in [2.05, 4.69) is 10.3 Å². The number of hydrogen-bond acceptors (Lipinski definition) is 4. The van der Waals surface area contributed by atoms with Gasteiger partial charge < -0.3 is 9.88 Å². The highest BCUT2D eigenvalue weighted by atomic mass is 32.2. The van der Waals surface area contributed by atoms with Crippen LogP contribution < -0.4 is 10.0 Å². The number of rotatable bonds is 6. The second kappa shape index (κ2) is 7.91. The standard InChI is InChI=1S/C16H16F6N4O3S/c1-15(2,16(20,21)22)25-30(28,29)10-7-26(3)12(11(10)17)14(27)24-8-4-5-23-9(6-8)13(18)19/h4-7,13,25H,1-3H3,(H,23,24,27). The van der Waals surface area contributed by atoms with Crippen molar-refractivity contribution in [2.45, 2.75) is 36.9 Å². The van der Waals surface area contributed by atoms with Gasteiger partial charge >= 0.3 is 6.18 Å². The van der Waals surface area contributed by atoms with Gasteiger partial charge in [0.05, 0.1) is 0 Å². The molecule has 2 aromatic heterocycles. The molecule has 2 rings (SSSR count). The van der Waals surface area contributed by atoms with Crippen LogP contribution in [-0.2, 0) is 17.1 Å². The predicted molar refractivity (Wildman–Crippen MR) is 93.0 cm³/mol. The molecule has 2 heterocycles. The van der Waals surface area contributed by atoms with E-state index in [-0.39, 0.29) is 5.69 Å². The first-order valence-electron chi connectivity index (χ1n) is 8.08. The molecule has 14 heteroatoms. The number of hydrogen-bond donors (Lipinski definition) is 2. The van der Waals surface area contributed by atoms with Crippen LogP contribution in [-0.4, -0.2) is 35.6 Å². The molecule has 0 saturated heterocycles. The van der Waals surface area contributed by atoms with E-state index in [0.717, 1.165) is 29.9 Å². The first-order valence-corrected chi connectivity index (χ1v) is 9.56. The summed E-state index contributed by atoms with van der Waals surface area (Å²) in [6.45, 7) is 1.09. The number of aryl methyl sites for hydroxylation is 1. The van der Waals surface area contributed by atoms with E-state index in [4.69, 9.17) is 0 Å². The van der Waals surface area contributed by atoms with Gasteiger partial charge in [0.2, 0.25) is 10.0 Å². The summed E-state index contributed by atoms with van der Waals surface area (Å²) in [5.41, 5.74) is -4.59. The molecule has 0 spiro atoms. The smallest absolute Gasteiger partial charge is 0.343 e. The molecular formula is C16H16F6N4O3S. The highest BCUT2D eigenvalue weighted by Gasteiger charge is 2.50. The van der Waals surface area contributed by atoms with E-state index >= 15 is 0 Å². The number of amides is 1. The number of nitrogens with one attached hydrogen (secondary N) is 2. The molecule has 2 N–H and O–H groups in total. The maximum Gasteiger partial charge on any atom is 0.407 e. The average molecular weight is 458 g/mol. The summed E-state index contributed by atoms with van der Waals surface area (Å²) in [5.74, 6) is -2.82. The van der Waals surface area contributed by atoms with Crippen molar-refractivity contribution in [1.82, 2.24) is 14.3 Å². The summed E-state index contributed by atoms with van der Waals surface area (Å²) in [5, 5.41) is 2.10. The van der Waals surface area contributed by atoms with Gasteiger partial charge in [-0.1, -0.05) is 0 Å². The van der Waals surface area contributed by atoms with Crippen LogP contribution >= 0.6 is 0 Å². The van der Waals surface area contributed by atoms with E-state index in [9.17, 15) is 39.6 Å². The number of anilines is 1. The van der Waals surface area contributed by atoms with E-state index in [1.165, 1.54) is 4.72 Å².